The van der Waals surface area contributed by atoms with E-state index in [1.54, 1.807) is 11.9 Å². The van der Waals surface area contributed by atoms with Gasteiger partial charge in [-0.2, -0.15) is 0 Å². The minimum absolute atomic E-state index is 0.0637. The second kappa shape index (κ2) is 19.0. The molecule has 2 saturated heterocycles. The van der Waals surface area contributed by atoms with Crippen molar-refractivity contribution in [2.24, 2.45) is 11.8 Å². The number of amides is 3. The molecule has 0 bridgehead atoms. The third-order valence-electron chi connectivity index (χ3n) is 6.08. The van der Waals surface area contributed by atoms with E-state index in [-0.39, 0.29) is 36.4 Å². The van der Waals surface area contributed by atoms with E-state index in [9.17, 15) is 19.2 Å². The van der Waals surface area contributed by atoms with E-state index in [2.05, 4.69) is 43.4 Å². The first-order chi connectivity index (χ1) is 16.9. The molecular weight excluding hydrogens is 462 g/mol. The van der Waals surface area contributed by atoms with Crippen molar-refractivity contribution in [2.75, 3.05) is 53.4 Å². The molecule has 10 heteroatoms. The number of carboxylic acids is 1. The highest BCUT2D eigenvalue weighted by molar-refractivity contribution is 5.85. The molecule has 2 heterocycles. The number of likely N-dealkylation sites (tertiary alicyclic amines) is 2. The molecule has 2 rings (SSSR count). The van der Waals surface area contributed by atoms with Crippen LogP contribution in [0, 0.1) is 11.8 Å². The number of carbonyl (C=O) groups excluding carboxylic acids is 3. The number of carbonyl (C=O) groups is 4. The maximum Gasteiger partial charge on any atom is 0.322 e. The molecule has 3 amide bonds. The predicted octanol–water partition coefficient (Wildman–Crippen LogP) is 1.65. The largest absolute Gasteiger partial charge is 0.480 e. The number of hydrogen-bond donors (Lipinski definition) is 3. The lowest BCUT2D eigenvalue weighted by Crippen LogP contribution is -2.53. The number of nitrogens with zero attached hydrogens (tertiary/aromatic N) is 3. The standard InChI is InChI=1S/C16H28N4O5.C6H13N.C4H10/c1-11(2)13(19(3)14(22)7-17-10-21)9-20-6-4-5-12(20)16(25)18-8-15(23)24;1-7-5-3-2-4-6-7;1-4(2)3/h10-13H,4-9H2,1-3H3,(H,17,21)(H,18,25)(H,23,24);2-6H2,1H3;4H,1-3H3/t12-,13+;;/m0../s1. The van der Waals surface area contributed by atoms with Gasteiger partial charge in [0.2, 0.25) is 18.2 Å². The smallest absolute Gasteiger partial charge is 0.322 e. The van der Waals surface area contributed by atoms with Gasteiger partial charge in [-0.05, 0) is 64.2 Å². The van der Waals surface area contributed by atoms with Gasteiger partial charge in [-0.25, -0.2) is 0 Å². The van der Waals surface area contributed by atoms with Crippen LogP contribution in [0.1, 0.15) is 66.7 Å². The summed E-state index contributed by atoms with van der Waals surface area (Å²) in [6.07, 6.45) is 6.28. The maximum absolute atomic E-state index is 12.2. The zero-order chi connectivity index (χ0) is 27.7. The summed E-state index contributed by atoms with van der Waals surface area (Å²) < 4.78 is 0. The van der Waals surface area contributed by atoms with Gasteiger partial charge in [-0.1, -0.05) is 41.0 Å². The number of hydrogen-bond acceptors (Lipinski definition) is 6. The normalized spacial score (nSPS) is 18.9. The van der Waals surface area contributed by atoms with Gasteiger partial charge in [-0.15, -0.1) is 0 Å². The molecule has 0 aliphatic carbocycles. The number of carboxylic acid groups (broad SMARTS) is 1. The van der Waals surface area contributed by atoms with E-state index in [0.29, 0.717) is 19.4 Å². The molecule has 2 atom stereocenters. The van der Waals surface area contributed by atoms with Crippen molar-refractivity contribution >= 4 is 24.2 Å². The second-order valence-corrected chi connectivity index (χ2v) is 10.7. The van der Waals surface area contributed by atoms with Crippen LogP contribution in [0.25, 0.3) is 0 Å². The van der Waals surface area contributed by atoms with E-state index in [1.165, 1.54) is 32.4 Å². The van der Waals surface area contributed by atoms with Gasteiger partial charge in [0.25, 0.3) is 0 Å². The van der Waals surface area contributed by atoms with Crippen molar-refractivity contribution in [1.29, 1.82) is 0 Å². The van der Waals surface area contributed by atoms with Crippen molar-refractivity contribution in [3.05, 3.63) is 0 Å². The number of aliphatic carboxylic acids is 1. The SMILES string of the molecule is CC(C)C.CC(C)[C@@H](CN1CCC[C@H]1C(=O)NCC(=O)O)N(C)C(=O)CNC=O.CN1CCCCC1. The highest BCUT2D eigenvalue weighted by atomic mass is 16.4. The predicted molar refractivity (Wildman–Crippen MR) is 143 cm³/mol. The second-order valence-electron chi connectivity index (χ2n) is 10.7. The Morgan fingerprint density at radius 2 is 1.58 bits per heavy atom. The van der Waals surface area contributed by atoms with Gasteiger partial charge >= 0.3 is 5.97 Å². The average Bonchev–Trinajstić information content (AvgIpc) is 3.27. The molecule has 0 spiro atoms. The van der Waals surface area contributed by atoms with Crippen LogP contribution in [-0.2, 0) is 19.2 Å². The van der Waals surface area contributed by atoms with Crippen molar-refractivity contribution in [3.8, 4) is 0 Å². The summed E-state index contributed by atoms with van der Waals surface area (Å²) in [7, 11) is 3.88. The van der Waals surface area contributed by atoms with E-state index in [1.807, 2.05) is 18.7 Å². The molecule has 0 aromatic rings. The molecule has 0 radical (unpaired) electrons. The van der Waals surface area contributed by atoms with Crippen LogP contribution in [0.15, 0.2) is 0 Å². The Labute approximate surface area is 218 Å². The van der Waals surface area contributed by atoms with Crippen molar-refractivity contribution in [2.45, 2.75) is 78.8 Å². The van der Waals surface area contributed by atoms with Crippen LogP contribution in [0.5, 0.6) is 0 Å². The minimum atomic E-state index is -1.08. The molecule has 3 N–H and O–H groups in total. The fraction of sp³-hybridized carbons (Fsp3) is 0.846. The van der Waals surface area contributed by atoms with Crippen molar-refractivity contribution in [3.63, 3.8) is 0 Å². The van der Waals surface area contributed by atoms with Crippen LogP contribution >= 0.6 is 0 Å². The molecule has 2 aliphatic heterocycles. The lowest BCUT2D eigenvalue weighted by Gasteiger charge is -2.36. The minimum Gasteiger partial charge on any atom is -0.480 e. The maximum atomic E-state index is 12.2. The van der Waals surface area contributed by atoms with Crippen LogP contribution in [0.3, 0.4) is 0 Å². The topological polar surface area (TPSA) is 122 Å². The number of rotatable bonds is 10. The Morgan fingerprint density at radius 3 is 2.03 bits per heavy atom. The summed E-state index contributed by atoms with van der Waals surface area (Å²) in [5, 5.41) is 13.5. The first-order valence-electron chi connectivity index (χ1n) is 13.2. The highest BCUT2D eigenvalue weighted by Gasteiger charge is 2.34. The summed E-state index contributed by atoms with van der Waals surface area (Å²) in [5.41, 5.74) is 0. The van der Waals surface area contributed by atoms with Crippen LogP contribution < -0.4 is 10.6 Å². The molecule has 210 valence electrons. The zero-order valence-corrected chi connectivity index (χ0v) is 23.6. The lowest BCUT2D eigenvalue weighted by atomic mass is 10.0. The fourth-order valence-corrected chi connectivity index (χ4v) is 4.13. The Balaban J connectivity index is 0.000000913. The van der Waals surface area contributed by atoms with Gasteiger partial charge in [0.05, 0.1) is 12.6 Å². The molecule has 0 saturated carbocycles. The van der Waals surface area contributed by atoms with E-state index in [4.69, 9.17) is 5.11 Å². The molecule has 2 aliphatic rings. The van der Waals surface area contributed by atoms with Gasteiger partial charge in [0, 0.05) is 19.6 Å². The zero-order valence-electron chi connectivity index (χ0n) is 23.6. The summed E-state index contributed by atoms with van der Waals surface area (Å²) in [4.78, 5) is 51.3. The Hall–Kier alpha value is -2.20. The van der Waals surface area contributed by atoms with Gasteiger partial charge < -0.3 is 25.5 Å². The summed E-state index contributed by atoms with van der Waals surface area (Å²) in [6.45, 7) is 13.9. The highest BCUT2D eigenvalue weighted by Crippen LogP contribution is 2.21. The fourth-order valence-electron chi connectivity index (χ4n) is 4.13. The molecule has 0 aromatic carbocycles. The summed E-state index contributed by atoms with van der Waals surface area (Å²) in [6, 6.07) is -0.494. The summed E-state index contributed by atoms with van der Waals surface area (Å²) in [5.74, 6) is -0.574. The Bertz CT molecular complexity index is 650. The molecule has 36 heavy (non-hydrogen) atoms. The molecule has 0 aromatic heterocycles. The first kappa shape index (κ1) is 33.8. The van der Waals surface area contributed by atoms with E-state index in [0.717, 1.165) is 18.9 Å². The Kier molecular flexibility index (Phi) is 17.8. The van der Waals surface area contributed by atoms with Crippen molar-refractivity contribution < 1.29 is 24.3 Å². The quantitative estimate of drug-likeness (QED) is 0.380. The van der Waals surface area contributed by atoms with Crippen LogP contribution in [0.2, 0.25) is 0 Å². The number of likely N-dealkylation sites (N-methyl/N-ethyl adjacent to an activating group) is 1. The van der Waals surface area contributed by atoms with Gasteiger partial charge in [0.1, 0.15) is 6.54 Å². The molecule has 10 nitrogen and oxygen atoms in total. The average molecular weight is 514 g/mol. The van der Waals surface area contributed by atoms with Crippen LogP contribution in [0.4, 0.5) is 0 Å². The van der Waals surface area contributed by atoms with E-state index >= 15 is 0 Å². The monoisotopic (exact) mass is 513 g/mol. The third kappa shape index (κ3) is 15.0. The van der Waals surface area contributed by atoms with Gasteiger partial charge in [-0.3, -0.25) is 24.1 Å². The lowest BCUT2D eigenvalue weighted by molar-refractivity contribution is -0.139. The van der Waals surface area contributed by atoms with E-state index < -0.39 is 12.5 Å². The Morgan fingerprint density at radius 1 is 1.00 bits per heavy atom. The molecular formula is C26H51N5O5. The van der Waals surface area contributed by atoms with Gasteiger partial charge in [0.15, 0.2) is 0 Å². The third-order valence-corrected chi connectivity index (χ3v) is 6.08. The van der Waals surface area contributed by atoms with Crippen LogP contribution in [-0.4, -0.2) is 109 Å². The number of nitrogens with one attached hydrogen (secondary N) is 2. The summed E-state index contributed by atoms with van der Waals surface area (Å²) >= 11 is 0. The number of piperidine rings is 1. The molecule has 2 fully saturated rings. The molecule has 0 unspecified atom stereocenters. The van der Waals surface area contributed by atoms with Crippen molar-refractivity contribution in [1.82, 2.24) is 25.3 Å². The first-order valence-corrected chi connectivity index (χ1v) is 13.2.